The maximum absolute atomic E-state index is 12.5. The molecule has 0 aromatic heterocycles. The zero-order chi connectivity index (χ0) is 17.6. The molecule has 138 valence electrons. The molecule has 2 fully saturated rings. The third-order valence-corrected chi connectivity index (χ3v) is 5.17. The molecule has 2 aliphatic rings. The summed E-state index contributed by atoms with van der Waals surface area (Å²) in [5, 5.41) is 0. The molecule has 0 radical (unpaired) electrons. The summed E-state index contributed by atoms with van der Waals surface area (Å²) in [4.78, 5) is 12.5. The summed E-state index contributed by atoms with van der Waals surface area (Å²) < 4.78 is 12.1. The fourth-order valence-corrected chi connectivity index (χ4v) is 3.93. The minimum atomic E-state index is -0.377. The molecule has 0 N–H and O–H groups in total. The van der Waals surface area contributed by atoms with Gasteiger partial charge in [-0.25, -0.2) is 4.79 Å². The van der Waals surface area contributed by atoms with Gasteiger partial charge in [0.15, 0.2) is 0 Å². The van der Waals surface area contributed by atoms with Crippen molar-refractivity contribution in [1.29, 1.82) is 0 Å². The molecule has 0 aliphatic heterocycles. The van der Waals surface area contributed by atoms with Crippen molar-refractivity contribution in [2.75, 3.05) is 0 Å². The number of rotatable bonds is 6. The van der Waals surface area contributed by atoms with Crippen LogP contribution in [0.1, 0.15) is 91.4 Å². The van der Waals surface area contributed by atoms with Gasteiger partial charge in [-0.05, 0) is 37.5 Å². The predicted octanol–water partition coefficient (Wildman–Crippen LogP) is 5.78. The van der Waals surface area contributed by atoms with Gasteiger partial charge >= 0.3 is 5.97 Å². The van der Waals surface area contributed by atoms with Crippen LogP contribution in [0.5, 0.6) is 0 Å². The lowest BCUT2D eigenvalue weighted by Gasteiger charge is -2.34. The van der Waals surface area contributed by atoms with Crippen LogP contribution in [0.2, 0.25) is 0 Å². The third-order valence-electron chi connectivity index (χ3n) is 5.17. The van der Waals surface area contributed by atoms with E-state index in [2.05, 4.69) is 27.4 Å². The molecule has 1 atom stereocenters. The summed E-state index contributed by atoms with van der Waals surface area (Å²) in [5.74, 6) is 0.0865. The third kappa shape index (κ3) is 6.58. The average molecular weight is 337 g/mol. The topological polar surface area (TPSA) is 35.5 Å². The maximum atomic E-state index is 12.5. The van der Waals surface area contributed by atoms with Gasteiger partial charge in [-0.1, -0.05) is 65.9 Å². The molecule has 0 aromatic rings. The number of carbonyl (C=O) groups is 1. The molecule has 0 bridgehead atoms. The number of hydrogen-bond acceptors (Lipinski definition) is 3. The van der Waals surface area contributed by atoms with E-state index in [1.807, 2.05) is 0 Å². The first kappa shape index (κ1) is 19.5. The Morgan fingerprint density at radius 3 is 2.08 bits per heavy atom. The van der Waals surface area contributed by atoms with Crippen LogP contribution in [0.4, 0.5) is 0 Å². The quantitative estimate of drug-likeness (QED) is 0.350. The fraction of sp³-hybridized carbons (Fsp3) is 0.857. The van der Waals surface area contributed by atoms with E-state index in [9.17, 15) is 4.79 Å². The zero-order valence-electron chi connectivity index (χ0n) is 15.9. The molecule has 0 amide bonds. The van der Waals surface area contributed by atoms with Crippen LogP contribution in [0.3, 0.4) is 0 Å². The standard InChI is InChI=1S/C21H36O3/c1-16(15-21(2,3)4)19(22)24-20(17-11-7-5-8-12-17)23-18-13-9-6-10-14-18/h17-18,20H,1,5-15H2,2-4H3. The highest BCUT2D eigenvalue weighted by atomic mass is 16.7. The number of esters is 1. The Balaban J connectivity index is 1.95. The van der Waals surface area contributed by atoms with E-state index < -0.39 is 0 Å². The molecule has 2 saturated carbocycles. The van der Waals surface area contributed by atoms with Gasteiger partial charge < -0.3 is 9.47 Å². The first-order valence-electron chi connectivity index (χ1n) is 9.89. The van der Waals surface area contributed by atoms with Crippen LogP contribution in [-0.4, -0.2) is 18.4 Å². The van der Waals surface area contributed by atoms with Crippen LogP contribution >= 0.6 is 0 Å². The number of carbonyl (C=O) groups excluding carboxylic acids is 1. The Morgan fingerprint density at radius 1 is 1.00 bits per heavy atom. The molecule has 3 nitrogen and oxygen atoms in total. The molecule has 2 aliphatic carbocycles. The summed E-state index contributed by atoms with van der Waals surface area (Å²) in [7, 11) is 0. The highest BCUT2D eigenvalue weighted by Crippen LogP contribution is 2.32. The molecule has 1 unspecified atom stereocenters. The predicted molar refractivity (Wildman–Crippen MR) is 97.6 cm³/mol. The maximum Gasteiger partial charge on any atom is 0.335 e. The monoisotopic (exact) mass is 336 g/mol. The SMILES string of the molecule is C=C(CC(C)(C)C)C(=O)OC(OC1CCCCC1)C1CCCCC1. The van der Waals surface area contributed by atoms with Gasteiger partial charge in [0.2, 0.25) is 6.29 Å². The van der Waals surface area contributed by atoms with Crippen molar-refractivity contribution >= 4 is 5.97 Å². The van der Waals surface area contributed by atoms with E-state index in [4.69, 9.17) is 9.47 Å². The van der Waals surface area contributed by atoms with E-state index in [0.29, 0.717) is 17.9 Å². The first-order chi connectivity index (χ1) is 11.3. The highest BCUT2D eigenvalue weighted by Gasteiger charge is 2.31. The molecule has 0 aromatic carbocycles. The fourth-order valence-electron chi connectivity index (χ4n) is 3.93. The number of hydrogen-bond donors (Lipinski definition) is 0. The van der Waals surface area contributed by atoms with E-state index >= 15 is 0 Å². The lowest BCUT2D eigenvalue weighted by Crippen LogP contribution is -2.36. The summed E-state index contributed by atoms with van der Waals surface area (Å²) in [6.45, 7) is 10.3. The molecule has 0 spiro atoms. The molecule has 24 heavy (non-hydrogen) atoms. The Hall–Kier alpha value is -0.830. The van der Waals surface area contributed by atoms with E-state index in [-0.39, 0.29) is 23.8 Å². The van der Waals surface area contributed by atoms with Crippen molar-refractivity contribution in [3.63, 3.8) is 0 Å². The summed E-state index contributed by atoms with van der Waals surface area (Å²) >= 11 is 0. The largest absolute Gasteiger partial charge is 0.432 e. The van der Waals surface area contributed by atoms with Crippen LogP contribution in [0, 0.1) is 11.3 Å². The summed E-state index contributed by atoms with van der Waals surface area (Å²) in [6.07, 6.45) is 12.4. The van der Waals surface area contributed by atoms with Gasteiger partial charge in [0.1, 0.15) is 0 Å². The van der Waals surface area contributed by atoms with Gasteiger partial charge in [0.05, 0.1) is 6.10 Å². The van der Waals surface area contributed by atoms with E-state index in [0.717, 1.165) is 25.7 Å². The smallest absolute Gasteiger partial charge is 0.335 e. The van der Waals surface area contributed by atoms with Gasteiger partial charge in [0.25, 0.3) is 0 Å². The lowest BCUT2D eigenvalue weighted by molar-refractivity contribution is -0.208. The van der Waals surface area contributed by atoms with E-state index in [1.54, 1.807) is 0 Å². The minimum absolute atomic E-state index is 0.0423. The van der Waals surface area contributed by atoms with Crippen molar-refractivity contribution in [3.05, 3.63) is 12.2 Å². The van der Waals surface area contributed by atoms with Gasteiger partial charge in [-0.15, -0.1) is 0 Å². The molecule has 3 heteroatoms. The zero-order valence-corrected chi connectivity index (χ0v) is 15.9. The average Bonchev–Trinajstić information content (AvgIpc) is 2.54. The second-order valence-corrected chi connectivity index (χ2v) is 8.91. The molecule has 2 rings (SSSR count). The van der Waals surface area contributed by atoms with Crippen LogP contribution in [-0.2, 0) is 14.3 Å². The van der Waals surface area contributed by atoms with Crippen molar-refractivity contribution < 1.29 is 14.3 Å². The van der Waals surface area contributed by atoms with Gasteiger partial charge in [-0.2, -0.15) is 0 Å². The van der Waals surface area contributed by atoms with E-state index in [1.165, 1.54) is 38.5 Å². The normalized spacial score (nSPS) is 22.1. The summed E-state index contributed by atoms with van der Waals surface area (Å²) in [5.41, 5.74) is 0.608. The summed E-state index contributed by atoms with van der Waals surface area (Å²) in [6, 6.07) is 0. The molecular formula is C21H36O3. The Morgan fingerprint density at radius 2 is 1.54 bits per heavy atom. The van der Waals surface area contributed by atoms with Gasteiger partial charge in [-0.3, -0.25) is 0 Å². The first-order valence-corrected chi connectivity index (χ1v) is 9.89. The van der Waals surface area contributed by atoms with Crippen molar-refractivity contribution in [2.24, 2.45) is 11.3 Å². The van der Waals surface area contributed by atoms with Crippen LogP contribution in [0.15, 0.2) is 12.2 Å². The minimum Gasteiger partial charge on any atom is -0.432 e. The van der Waals surface area contributed by atoms with Gasteiger partial charge in [0, 0.05) is 11.5 Å². The second kappa shape index (κ2) is 9.03. The van der Waals surface area contributed by atoms with Crippen LogP contribution in [0.25, 0.3) is 0 Å². The van der Waals surface area contributed by atoms with Crippen LogP contribution < -0.4 is 0 Å². The molecule has 0 saturated heterocycles. The Bertz CT molecular complexity index is 409. The molecule has 0 heterocycles. The number of ether oxygens (including phenoxy) is 2. The lowest BCUT2D eigenvalue weighted by atomic mass is 9.87. The highest BCUT2D eigenvalue weighted by molar-refractivity contribution is 5.87. The van der Waals surface area contributed by atoms with Crippen molar-refractivity contribution in [1.82, 2.24) is 0 Å². The Kier molecular flexibility index (Phi) is 7.34. The molecular weight excluding hydrogens is 300 g/mol. The second-order valence-electron chi connectivity index (χ2n) is 8.91. The Labute approximate surface area is 148 Å². The van der Waals surface area contributed by atoms with Crippen molar-refractivity contribution in [2.45, 2.75) is 104 Å². The van der Waals surface area contributed by atoms with Crippen molar-refractivity contribution in [3.8, 4) is 0 Å².